The summed E-state index contributed by atoms with van der Waals surface area (Å²) in [5.41, 5.74) is 0.987. The maximum Gasteiger partial charge on any atom is 0.266 e. The quantitative estimate of drug-likeness (QED) is 0.669. The van der Waals surface area contributed by atoms with E-state index < -0.39 is 5.91 Å². The highest BCUT2D eigenvalue weighted by molar-refractivity contribution is 6.09. The minimum atomic E-state index is -0.544. The highest BCUT2D eigenvalue weighted by atomic mass is 16.6. The van der Waals surface area contributed by atoms with E-state index in [1.165, 1.54) is 18.2 Å². The molecule has 1 heterocycles. The third-order valence-corrected chi connectivity index (χ3v) is 3.35. The number of hydrogen-bond donors (Lipinski definition) is 2. The molecular formula is C18H14N2O4. The molecule has 6 heteroatoms. The Balaban J connectivity index is 1.79. The second-order valence-corrected chi connectivity index (χ2v) is 5.08. The first-order valence-electron chi connectivity index (χ1n) is 7.27. The average molecular weight is 322 g/mol. The van der Waals surface area contributed by atoms with Crippen LogP contribution in [0, 0.1) is 11.3 Å². The third-order valence-electron chi connectivity index (χ3n) is 3.35. The molecule has 3 rings (SSSR count). The van der Waals surface area contributed by atoms with Crippen LogP contribution in [0.3, 0.4) is 0 Å². The van der Waals surface area contributed by atoms with Gasteiger partial charge in [-0.25, -0.2) is 0 Å². The molecule has 0 atom stereocenters. The molecule has 0 aliphatic carbocycles. The zero-order chi connectivity index (χ0) is 16.9. The van der Waals surface area contributed by atoms with Crippen molar-refractivity contribution in [2.75, 3.05) is 18.5 Å². The number of nitrogens with one attached hydrogen (secondary N) is 1. The number of amides is 1. The van der Waals surface area contributed by atoms with Crippen LogP contribution in [0.25, 0.3) is 6.08 Å². The molecule has 1 aliphatic heterocycles. The molecule has 0 unspecified atom stereocenters. The number of nitrogens with zero attached hydrogens (tertiary/aromatic N) is 1. The van der Waals surface area contributed by atoms with Crippen molar-refractivity contribution in [1.29, 1.82) is 5.26 Å². The number of benzene rings is 2. The molecular weight excluding hydrogens is 308 g/mol. The number of anilines is 1. The molecule has 0 radical (unpaired) electrons. The van der Waals surface area contributed by atoms with E-state index in [1.54, 1.807) is 30.3 Å². The third kappa shape index (κ3) is 3.47. The zero-order valence-corrected chi connectivity index (χ0v) is 12.7. The number of carbonyl (C=O) groups is 1. The van der Waals surface area contributed by atoms with Gasteiger partial charge in [-0.3, -0.25) is 4.79 Å². The van der Waals surface area contributed by atoms with E-state index in [-0.39, 0.29) is 11.3 Å². The lowest BCUT2D eigenvalue weighted by Gasteiger charge is -2.18. The van der Waals surface area contributed by atoms with Crippen LogP contribution >= 0.6 is 0 Å². The predicted octanol–water partition coefficient (Wildman–Crippen LogP) is 2.71. The Morgan fingerprint density at radius 2 is 1.96 bits per heavy atom. The van der Waals surface area contributed by atoms with Gasteiger partial charge in [-0.15, -0.1) is 0 Å². The van der Waals surface area contributed by atoms with Crippen LogP contribution < -0.4 is 14.8 Å². The Kier molecular flexibility index (Phi) is 4.34. The summed E-state index contributed by atoms with van der Waals surface area (Å²) in [7, 11) is 0. The minimum Gasteiger partial charge on any atom is -0.508 e. The summed E-state index contributed by atoms with van der Waals surface area (Å²) in [5.74, 6) is 0.690. The summed E-state index contributed by atoms with van der Waals surface area (Å²) in [6.07, 6.45) is 1.41. The molecule has 1 amide bonds. The van der Waals surface area contributed by atoms with Crippen molar-refractivity contribution in [2.45, 2.75) is 0 Å². The van der Waals surface area contributed by atoms with Crippen LogP contribution in [0.1, 0.15) is 5.56 Å². The van der Waals surface area contributed by atoms with Gasteiger partial charge in [0, 0.05) is 11.8 Å². The number of rotatable bonds is 3. The minimum absolute atomic E-state index is 0.0632. The molecule has 2 aromatic carbocycles. The normalized spacial score (nSPS) is 13.0. The van der Waals surface area contributed by atoms with Gasteiger partial charge < -0.3 is 19.9 Å². The SMILES string of the molecule is N#C/C(=C\c1cccc(O)c1)C(=O)Nc1ccc2c(c1)OCCO2. The Morgan fingerprint density at radius 3 is 2.71 bits per heavy atom. The average Bonchev–Trinajstić information content (AvgIpc) is 2.59. The number of phenols is 1. The number of carbonyl (C=O) groups excluding carboxylic acids is 1. The van der Waals surface area contributed by atoms with Crippen LogP contribution in [0.2, 0.25) is 0 Å². The monoisotopic (exact) mass is 322 g/mol. The zero-order valence-electron chi connectivity index (χ0n) is 12.7. The fourth-order valence-corrected chi connectivity index (χ4v) is 2.25. The molecule has 0 saturated carbocycles. The first kappa shape index (κ1) is 15.4. The summed E-state index contributed by atoms with van der Waals surface area (Å²) in [6, 6.07) is 13.2. The summed E-state index contributed by atoms with van der Waals surface area (Å²) < 4.78 is 10.9. The van der Waals surface area contributed by atoms with Gasteiger partial charge in [0.1, 0.15) is 30.6 Å². The Morgan fingerprint density at radius 1 is 1.17 bits per heavy atom. The van der Waals surface area contributed by atoms with Crippen LogP contribution in [-0.2, 0) is 4.79 Å². The van der Waals surface area contributed by atoms with Crippen molar-refractivity contribution in [3.05, 3.63) is 53.6 Å². The van der Waals surface area contributed by atoms with Crippen LogP contribution in [0.4, 0.5) is 5.69 Å². The molecule has 2 N–H and O–H groups in total. The topological polar surface area (TPSA) is 91.6 Å². The first-order valence-corrected chi connectivity index (χ1v) is 7.27. The molecule has 0 aromatic heterocycles. The maximum absolute atomic E-state index is 12.3. The number of fused-ring (bicyclic) bond motifs is 1. The number of ether oxygens (including phenoxy) is 2. The van der Waals surface area contributed by atoms with Crippen molar-refractivity contribution in [3.63, 3.8) is 0 Å². The number of nitriles is 1. The van der Waals surface area contributed by atoms with E-state index in [1.807, 2.05) is 6.07 Å². The molecule has 1 aliphatic rings. The second kappa shape index (κ2) is 6.75. The summed E-state index contributed by atoms with van der Waals surface area (Å²) in [4.78, 5) is 12.3. The predicted molar refractivity (Wildman–Crippen MR) is 87.8 cm³/mol. The Bertz CT molecular complexity index is 852. The van der Waals surface area contributed by atoms with Crippen LogP contribution in [-0.4, -0.2) is 24.2 Å². The molecule has 2 aromatic rings. The van der Waals surface area contributed by atoms with E-state index in [0.717, 1.165) is 0 Å². The molecule has 120 valence electrons. The molecule has 6 nitrogen and oxygen atoms in total. The largest absolute Gasteiger partial charge is 0.508 e. The first-order chi connectivity index (χ1) is 11.7. The van der Waals surface area contributed by atoms with E-state index in [4.69, 9.17) is 9.47 Å². The van der Waals surface area contributed by atoms with Crippen molar-refractivity contribution in [1.82, 2.24) is 0 Å². The Hall–Kier alpha value is -3.46. The smallest absolute Gasteiger partial charge is 0.266 e. The summed E-state index contributed by atoms with van der Waals surface area (Å²) in [6.45, 7) is 0.940. The fourth-order valence-electron chi connectivity index (χ4n) is 2.25. The van der Waals surface area contributed by atoms with Crippen molar-refractivity contribution < 1.29 is 19.4 Å². The standard InChI is InChI=1S/C18H14N2O4/c19-11-13(8-12-2-1-3-15(21)9-12)18(22)20-14-4-5-16-17(10-14)24-7-6-23-16/h1-5,8-10,21H,6-7H2,(H,20,22)/b13-8+. The number of phenolic OH excluding ortho intramolecular Hbond substituents is 1. The Labute approximate surface area is 138 Å². The van der Waals surface area contributed by atoms with Crippen molar-refractivity contribution in [2.24, 2.45) is 0 Å². The van der Waals surface area contributed by atoms with E-state index in [2.05, 4.69) is 5.32 Å². The number of hydrogen-bond acceptors (Lipinski definition) is 5. The fraction of sp³-hybridized carbons (Fsp3) is 0.111. The summed E-state index contributed by atoms with van der Waals surface area (Å²) in [5, 5.41) is 21.3. The van der Waals surface area contributed by atoms with Crippen LogP contribution in [0.15, 0.2) is 48.0 Å². The highest BCUT2D eigenvalue weighted by Gasteiger charge is 2.14. The lowest BCUT2D eigenvalue weighted by molar-refractivity contribution is -0.112. The highest BCUT2D eigenvalue weighted by Crippen LogP contribution is 2.32. The van der Waals surface area contributed by atoms with E-state index in [9.17, 15) is 15.2 Å². The van der Waals surface area contributed by atoms with Gasteiger partial charge >= 0.3 is 0 Å². The van der Waals surface area contributed by atoms with E-state index >= 15 is 0 Å². The van der Waals surface area contributed by atoms with Crippen molar-refractivity contribution >= 4 is 17.7 Å². The van der Waals surface area contributed by atoms with Crippen LogP contribution in [0.5, 0.6) is 17.2 Å². The molecule has 0 spiro atoms. The molecule has 24 heavy (non-hydrogen) atoms. The molecule has 0 fully saturated rings. The maximum atomic E-state index is 12.3. The molecule has 0 bridgehead atoms. The summed E-state index contributed by atoms with van der Waals surface area (Å²) >= 11 is 0. The van der Waals surface area contributed by atoms with Gasteiger partial charge in [0.2, 0.25) is 0 Å². The van der Waals surface area contributed by atoms with E-state index in [0.29, 0.717) is 36.0 Å². The van der Waals surface area contributed by atoms with Gasteiger partial charge in [-0.2, -0.15) is 5.26 Å². The van der Waals surface area contributed by atoms with Gasteiger partial charge in [-0.05, 0) is 35.9 Å². The van der Waals surface area contributed by atoms with Gasteiger partial charge in [0.15, 0.2) is 11.5 Å². The van der Waals surface area contributed by atoms with Gasteiger partial charge in [0.25, 0.3) is 5.91 Å². The lowest BCUT2D eigenvalue weighted by atomic mass is 10.1. The van der Waals surface area contributed by atoms with Gasteiger partial charge in [-0.1, -0.05) is 12.1 Å². The number of aromatic hydroxyl groups is 1. The van der Waals surface area contributed by atoms with Gasteiger partial charge in [0.05, 0.1) is 0 Å². The lowest BCUT2D eigenvalue weighted by Crippen LogP contribution is -2.17. The second-order valence-electron chi connectivity index (χ2n) is 5.08. The molecule has 0 saturated heterocycles. The van der Waals surface area contributed by atoms with Crippen molar-refractivity contribution in [3.8, 4) is 23.3 Å².